The van der Waals surface area contributed by atoms with Crippen LogP contribution in [0, 0.1) is 0 Å². The zero-order valence-electron chi connectivity index (χ0n) is 9.08. The lowest BCUT2D eigenvalue weighted by Gasteiger charge is -2.40. The Morgan fingerprint density at radius 2 is 2.06 bits per heavy atom. The van der Waals surface area contributed by atoms with Gasteiger partial charge in [0.2, 0.25) is 0 Å². The fourth-order valence-corrected chi connectivity index (χ4v) is 3.02. The first-order chi connectivity index (χ1) is 7.74. The molecular weight excluding hydrogens is 222 g/mol. The third-order valence-corrected chi connectivity index (χ3v) is 3.91. The molecule has 0 amide bonds. The van der Waals surface area contributed by atoms with Crippen LogP contribution in [-0.2, 0) is 11.2 Å². The monoisotopic (exact) mass is 235 g/mol. The normalized spacial score (nSPS) is 25.1. The lowest BCUT2D eigenvalue weighted by molar-refractivity contribution is -0.123. The summed E-state index contributed by atoms with van der Waals surface area (Å²) in [4.78, 5) is 14.0. The molecule has 0 aliphatic carbocycles. The molecule has 2 nitrogen and oxygen atoms in total. The van der Waals surface area contributed by atoms with Gasteiger partial charge in [0.1, 0.15) is 5.78 Å². The highest BCUT2D eigenvalue weighted by Gasteiger charge is 2.32. The summed E-state index contributed by atoms with van der Waals surface area (Å²) in [5.74, 6) is 0.393. The Kier molecular flexibility index (Phi) is 2.49. The van der Waals surface area contributed by atoms with Crippen LogP contribution in [0.3, 0.4) is 0 Å². The number of ketones is 1. The van der Waals surface area contributed by atoms with E-state index in [0.29, 0.717) is 18.2 Å². The van der Waals surface area contributed by atoms with E-state index in [0.717, 1.165) is 31.0 Å². The van der Waals surface area contributed by atoms with Gasteiger partial charge in [-0.25, -0.2) is 0 Å². The van der Waals surface area contributed by atoms with Gasteiger partial charge in [-0.2, -0.15) is 0 Å². The largest absolute Gasteiger partial charge is 0.300 e. The van der Waals surface area contributed by atoms with Crippen molar-refractivity contribution in [2.75, 3.05) is 13.1 Å². The maximum absolute atomic E-state index is 11.5. The van der Waals surface area contributed by atoms with Crippen LogP contribution in [0.4, 0.5) is 0 Å². The Morgan fingerprint density at radius 1 is 1.25 bits per heavy atom. The molecule has 2 aliphatic rings. The molecule has 0 radical (unpaired) electrons. The second kappa shape index (κ2) is 3.86. The Labute approximate surface area is 100 Å². The molecule has 0 N–H and O–H groups in total. The highest BCUT2D eigenvalue weighted by atomic mass is 35.5. The van der Waals surface area contributed by atoms with Crippen LogP contribution in [-0.4, -0.2) is 23.8 Å². The van der Waals surface area contributed by atoms with Crippen molar-refractivity contribution in [3.8, 4) is 0 Å². The Bertz CT molecular complexity index is 444. The molecule has 1 saturated heterocycles. The number of rotatable bonds is 0. The van der Waals surface area contributed by atoms with Gasteiger partial charge in [0.15, 0.2) is 0 Å². The highest BCUT2D eigenvalue weighted by Crippen LogP contribution is 2.36. The van der Waals surface area contributed by atoms with Crippen molar-refractivity contribution in [3.63, 3.8) is 0 Å². The zero-order valence-corrected chi connectivity index (χ0v) is 9.83. The van der Waals surface area contributed by atoms with Crippen molar-refractivity contribution >= 4 is 17.4 Å². The van der Waals surface area contributed by atoms with Crippen molar-refractivity contribution < 1.29 is 4.79 Å². The fourth-order valence-electron chi connectivity index (χ4n) is 2.83. The molecule has 2 aliphatic heterocycles. The van der Waals surface area contributed by atoms with Gasteiger partial charge in [0, 0.05) is 37.0 Å². The van der Waals surface area contributed by atoms with Crippen LogP contribution in [0.5, 0.6) is 0 Å². The lowest BCUT2D eigenvalue weighted by atomic mass is 9.86. The average molecular weight is 236 g/mol. The molecule has 1 fully saturated rings. The molecule has 16 heavy (non-hydrogen) atoms. The summed E-state index contributed by atoms with van der Waals surface area (Å²) < 4.78 is 0. The number of hydrogen-bond acceptors (Lipinski definition) is 2. The van der Waals surface area contributed by atoms with Crippen molar-refractivity contribution in [2.45, 2.75) is 25.3 Å². The molecule has 84 valence electrons. The number of Topliss-reactive ketones (excluding diaryl/α,β-unsaturated/α-hetero) is 1. The van der Waals surface area contributed by atoms with Crippen molar-refractivity contribution in [3.05, 3.63) is 34.3 Å². The number of hydrogen-bond donors (Lipinski definition) is 0. The van der Waals surface area contributed by atoms with Gasteiger partial charge in [-0.15, -0.1) is 0 Å². The van der Waals surface area contributed by atoms with Crippen molar-refractivity contribution in [1.29, 1.82) is 0 Å². The first-order valence-corrected chi connectivity index (χ1v) is 6.16. The van der Waals surface area contributed by atoms with E-state index in [4.69, 9.17) is 11.6 Å². The van der Waals surface area contributed by atoms with Gasteiger partial charge < -0.3 is 0 Å². The summed E-state index contributed by atoms with van der Waals surface area (Å²) in [6.45, 7) is 1.98. The van der Waals surface area contributed by atoms with Crippen LogP contribution >= 0.6 is 11.6 Å². The highest BCUT2D eigenvalue weighted by molar-refractivity contribution is 6.30. The lowest BCUT2D eigenvalue weighted by Crippen LogP contribution is -2.41. The molecule has 1 atom stereocenters. The molecular formula is C13H14ClNO. The summed E-state index contributed by atoms with van der Waals surface area (Å²) in [7, 11) is 0. The molecule has 3 heteroatoms. The number of benzene rings is 1. The minimum absolute atomic E-state index is 0.308. The second-order valence-corrected chi connectivity index (χ2v) is 5.07. The quantitative estimate of drug-likeness (QED) is 0.689. The van der Waals surface area contributed by atoms with Gasteiger partial charge in [-0.05, 0) is 29.7 Å². The first-order valence-electron chi connectivity index (χ1n) is 5.78. The molecule has 1 aromatic carbocycles. The number of carbonyl (C=O) groups excluding carboxylic acids is 1. The van der Waals surface area contributed by atoms with E-state index in [-0.39, 0.29) is 0 Å². The van der Waals surface area contributed by atoms with E-state index in [2.05, 4.69) is 11.0 Å². The van der Waals surface area contributed by atoms with E-state index in [1.165, 1.54) is 11.1 Å². The smallest absolute Gasteiger partial charge is 0.136 e. The molecule has 0 saturated carbocycles. The summed E-state index contributed by atoms with van der Waals surface area (Å²) in [6.07, 6.45) is 2.45. The molecule has 0 aromatic heterocycles. The van der Waals surface area contributed by atoms with Gasteiger partial charge in [0.25, 0.3) is 0 Å². The van der Waals surface area contributed by atoms with Crippen LogP contribution < -0.4 is 0 Å². The topological polar surface area (TPSA) is 20.3 Å². The number of carbonyl (C=O) groups is 1. The number of piperidine rings is 1. The number of fused-ring (bicyclic) bond motifs is 3. The van der Waals surface area contributed by atoms with Crippen LogP contribution in [0.1, 0.15) is 30.0 Å². The van der Waals surface area contributed by atoms with E-state index in [9.17, 15) is 4.79 Å². The average Bonchev–Trinajstić information content (AvgIpc) is 2.28. The van der Waals surface area contributed by atoms with E-state index >= 15 is 0 Å². The summed E-state index contributed by atoms with van der Waals surface area (Å²) in [5, 5.41) is 0.800. The Morgan fingerprint density at radius 3 is 2.94 bits per heavy atom. The first kappa shape index (κ1) is 10.3. The predicted octanol–water partition coefficient (Wildman–Crippen LogP) is 2.60. The maximum atomic E-state index is 11.5. The Hall–Kier alpha value is -0.860. The Balaban J connectivity index is 2.00. The third-order valence-electron chi connectivity index (χ3n) is 3.67. The molecule has 1 aromatic rings. The molecule has 2 heterocycles. The third kappa shape index (κ3) is 1.66. The summed E-state index contributed by atoms with van der Waals surface area (Å²) in [6, 6.07) is 6.38. The second-order valence-electron chi connectivity index (χ2n) is 4.64. The number of nitrogens with zero attached hydrogens (tertiary/aromatic N) is 1. The van der Waals surface area contributed by atoms with E-state index in [1.807, 2.05) is 12.1 Å². The van der Waals surface area contributed by atoms with Crippen LogP contribution in [0.15, 0.2) is 18.2 Å². The summed E-state index contributed by atoms with van der Waals surface area (Å²) in [5.41, 5.74) is 2.63. The van der Waals surface area contributed by atoms with Crippen LogP contribution in [0.25, 0.3) is 0 Å². The van der Waals surface area contributed by atoms with Crippen molar-refractivity contribution in [1.82, 2.24) is 4.90 Å². The standard InChI is InChI=1S/C13H14ClNO/c14-10-1-2-12-9(7-10)3-5-15-6-4-11(16)8-13(12)15/h1-2,7,13H,3-6,8H2. The molecule has 1 unspecified atom stereocenters. The van der Waals surface area contributed by atoms with Gasteiger partial charge >= 0.3 is 0 Å². The zero-order chi connectivity index (χ0) is 11.1. The molecule has 3 rings (SSSR count). The van der Waals surface area contributed by atoms with Crippen molar-refractivity contribution in [2.24, 2.45) is 0 Å². The van der Waals surface area contributed by atoms with Crippen LogP contribution in [0.2, 0.25) is 5.02 Å². The molecule has 0 bridgehead atoms. The predicted molar refractivity (Wildman–Crippen MR) is 63.7 cm³/mol. The SMILES string of the molecule is O=C1CCN2CCc3cc(Cl)ccc3C2C1. The number of halogens is 1. The van der Waals surface area contributed by atoms with Gasteiger partial charge in [-0.1, -0.05) is 17.7 Å². The fraction of sp³-hybridized carbons (Fsp3) is 0.462. The minimum atomic E-state index is 0.308. The maximum Gasteiger partial charge on any atom is 0.136 e. The summed E-state index contributed by atoms with van der Waals surface area (Å²) >= 11 is 6.00. The molecule has 0 spiro atoms. The van der Waals surface area contributed by atoms with E-state index in [1.54, 1.807) is 0 Å². The van der Waals surface area contributed by atoms with Gasteiger partial charge in [-0.3, -0.25) is 9.69 Å². The van der Waals surface area contributed by atoms with Gasteiger partial charge in [0.05, 0.1) is 0 Å². The van der Waals surface area contributed by atoms with E-state index < -0.39 is 0 Å². The minimum Gasteiger partial charge on any atom is -0.300 e.